The van der Waals surface area contributed by atoms with Crippen LogP contribution in [0.4, 0.5) is 0 Å². The van der Waals surface area contributed by atoms with E-state index in [0.717, 1.165) is 0 Å². The van der Waals surface area contributed by atoms with Gasteiger partial charge in [0.1, 0.15) is 0 Å². The number of hydrogen-bond donors (Lipinski definition) is 1. The van der Waals surface area contributed by atoms with Crippen molar-refractivity contribution in [2.24, 2.45) is 0 Å². The van der Waals surface area contributed by atoms with Gasteiger partial charge in [-0.25, -0.2) is 0 Å². The third-order valence-corrected chi connectivity index (χ3v) is 1.54. The van der Waals surface area contributed by atoms with E-state index in [1.807, 2.05) is 0 Å². The molecule has 0 rings (SSSR count). The predicted molar refractivity (Wildman–Crippen MR) is 39.1 cm³/mol. The third-order valence-electron chi connectivity index (χ3n) is 0.707. The van der Waals surface area contributed by atoms with Gasteiger partial charge < -0.3 is 6.16 Å². The van der Waals surface area contributed by atoms with Crippen molar-refractivity contribution in [3.63, 3.8) is 0 Å². The average molecular weight is 213 g/mol. The Morgan fingerprint density at radius 3 is 2.36 bits per heavy atom. The molecule has 7 heteroatoms. The Morgan fingerprint density at radius 2 is 2.00 bits per heavy atom. The molecule has 0 aromatic heterocycles. The summed E-state index contributed by atoms with van der Waals surface area (Å²) in [6.07, 6.45) is 0. The van der Waals surface area contributed by atoms with Crippen LogP contribution in [0.2, 0.25) is 0 Å². The Kier molecular flexibility index (Phi) is 10.4. The quantitative estimate of drug-likeness (QED) is 0.232. The predicted octanol–water partition coefficient (Wildman–Crippen LogP) is -2.75. The zero-order valence-corrected chi connectivity index (χ0v) is 9.86. The van der Waals surface area contributed by atoms with Crippen LogP contribution in [0.25, 0.3) is 0 Å². The van der Waals surface area contributed by atoms with Crippen LogP contribution in [0.5, 0.6) is 0 Å². The van der Waals surface area contributed by atoms with Crippen molar-refractivity contribution in [2.75, 3.05) is 24.8 Å². The van der Waals surface area contributed by atoms with E-state index in [0.29, 0.717) is 12.5 Å². The monoisotopic (exact) mass is 212 g/mol. The van der Waals surface area contributed by atoms with Crippen molar-refractivity contribution in [1.82, 2.24) is 0 Å². The molecule has 0 heterocycles. The molecule has 0 unspecified atom stereocenters. The van der Waals surface area contributed by atoms with Crippen molar-refractivity contribution in [3.05, 3.63) is 0 Å². The number of halogens is 1. The molecule has 0 atom stereocenters. The number of ether oxygens (including phenoxy) is 1. The molecule has 0 spiro atoms. The Balaban J connectivity index is -0.000000405. The summed E-state index contributed by atoms with van der Waals surface area (Å²) in [5.41, 5.74) is 0. The van der Waals surface area contributed by atoms with Gasteiger partial charge in [-0.1, -0.05) is 0 Å². The molecule has 0 fully saturated rings. The van der Waals surface area contributed by atoms with Crippen molar-refractivity contribution < 1.29 is 48.7 Å². The summed E-state index contributed by atoms with van der Waals surface area (Å²) in [6, 6.07) is 0. The summed E-state index contributed by atoms with van der Waals surface area (Å²) in [5.74, 6) is -0.0463. The molecule has 0 amide bonds. The van der Waals surface area contributed by atoms with E-state index in [9.17, 15) is 8.42 Å². The van der Waals surface area contributed by atoms with Gasteiger partial charge >= 0.3 is 29.6 Å². The van der Waals surface area contributed by atoms with Crippen molar-refractivity contribution in [2.45, 2.75) is 0 Å². The average Bonchev–Trinajstić information content (AvgIpc) is 1.78. The van der Waals surface area contributed by atoms with Crippen molar-refractivity contribution in [3.8, 4) is 0 Å². The molecule has 0 aliphatic carbocycles. The van der Waals surface area contributed by atoms with E-state index in [1.54, 1.807) is 0 Å². The Hall–Kier alpha value is 1.16. The molecule has 0 aliphatic heterocycles. The van der Waals surface area contributed by atoms with Crippen LogP contribution in [0.1, 0.15) is 1.43 Å². The standard InChI is InChI=1S/C4H9ClO4S.Na.H/c5-1-2-9-3-4-10(6,7)8;;/h1-4H2,(H,6,7,8);;/q;+1;-1. The topological polar surface area (TPSA) is 63.6 Å². The first-order chi connectivity index (χ1) is 4.56. The summed E-state index contributed by atoms with van der Waals surface area (Å²) in [5, 5.41) is 0. The Bertz CT molecular complexity index is 174. The number of hydrogen-bond acceptors (Lipinski definition) is 3. The maximum atomic E-state index is 10.0. The smallest absolute Gasteiger partial charge is 1.00 e. The molecule has 0 aromatic rings. The largest absolute Gasteiger partial charge is 1.00 e. The molecule has 11 heavy (non-hydrogen) atoms. The van der Waals surface area contributed by atoms with Crippen LogP contribution in [0.3, 0.4) is 0 Å². The minimum atomic E-state index is -3.87. The van der Waals surface area contributed by atoms with E-state index in [2.05, 4.69) is 4.74 Å². The second-order valence-electron chi connectivity index (χ2n) is 1.59. The number of rotatable bonds is 5. The van der Waals surface area contributed by atoms with E-state index in [1.165, 1.54) is 0 Å². The van der Waals surface area contributed by atoms with Crippen LogP contribution in [0.15, 0.2) is 0 Å². The third kappa shape index (κ3) is 14.1. The van der Waals surface area contributed by atoms with Gasteiger partial charge in [0.05, 0.1) is 19.0 Å². The maximum absolute atomic E-state index is 10.0. The molecule has 0 saturated carbocycles. The first-order valence-electron chi connectivity index (χ1n) is 2.65. The van der Waals surface area contributed by atoms with Gasteiger partial charge in [-0.15, -0.1) is 11.6 Å². The van der Waals surface area contributed by atoms with Crippen molar-refractivity contribution >= 4 is 21.7 Å². The molecular weight excluding hydrogens is 203 g/mol. The summed E-state index contributed by atoms with van der Waals surface area (Å²) in [4.78, 5) is 0. The molecule has 0 aliphatic rings. The van der Waals surface area contributed by atoms with Crippen LogP contribution in [-0.2, 0) is 14.9 Å². The van der Waals surface area contributed by atoms with Gasteiger partial charge in [-0.05, 0) is 0 Å². The van der Waals surface area contributed by atoms with E-state index in [4.69, 9.17) is 16.2 Å². The van der Waals surface area contributed by atoms with Crippen LogP contribution >= 0.6 is 11.6 Å². The minimum absolute atomic E-state index is 0. The van der Waals surface area contributed by atoms with E-state index in [-0.39, 0.29) is 43.3 Å². The fourth-order valence-corrected chi connectivity index (χ4v) is 0.758. The molecule has 0 saturated heterocycles. The first kappa shape index (κ1) is 14.7. The first-order valence-corrected chi connectivity index (χ1v) is 4.79. The van der Waals surface area contributed by atoms with Gasteiger partial charge in [-0.3, -0.25) is 4.55 Å². The van der Waals surface area contributed by atoms with Gasteiger partial charge in [0, 0.05) is 5.88 Å². The second kappa shape index (κ2) is 7.79. The Morgan fingerprint density at radius 1 is 1.45 bits per heavy atom. The van der Waals surface area contributed by atoms with Gasteiger partial charge in [0.25, 0.3) is 10.1 Å². The zero-order chi connectivity index (χ0) is 8.04. The maximum Gasteiger partial charge on any atom is 1.00 e. The molecule has 64 valence electrons. The SMILES string of the molecule is O=S(=O)(O)CCOCCCl.[H-].[Na+]. The zero-order valence-electron chi connectivity index (χ0n) is 7.29. The van der Waals surface area contributed by atoms with Gasteiger partial charge in [0.15, 0.2) is 0 Å². The summed E-state index contributed by atoms with van der Waals surface area (Å²) >= 11 is 5.21. The minimum Gasteiger partial charge on any atom is -1.00 e. The molecule has 4 nitrogen and oxygen atoms in total. The Labute approximate surface area is 94.8 Å². The van der Waals surface area contributed by atoms with Gasteiger partial charge in [0.2, 0.25) is 0 Å². The van der Waals surface area contributed by atoms with Crippen LogP contribution in [-0.4, -0.2) is 37.8 Å². The normalized spacial score (nSPS) is 10.7. The summed E-state index contributed by atoms with van der Waals surface area (Å²) in [6.45, 7) is 0.294. The molecule has 0 bridgehead atoms. The van der Waals surface area contributed by atoms with E-state index >= 15 is 0 Å². The molecule has 1 N–H and O–H groups in total. The van der Waals surface area contributed by atoms with Gasteiger partial charge in [-0.2, -0.15) is 8.42 Å². The van der Waals surface area contributed by atoms with Crippen molar-refractivity contribution in [1.29, 1.82) is 0 Å². The second-order valence-corrected chi connectivity index (χ2v) is 3.54. The van der Waals surface area contributed by atoms with Crippen LogP contribution < -0.4 is 29.6 Å². The molecular formula is C4H10ClNaO4S. The summed E-state index contributed by atoms with van der Waals surface area (Å²) < 4.78 is 32.9. The molecule has 0 radical (unpaired) electrons. The molecule has 0 aromatic carbocycles. The summed E-state index contributed by atoms with van der Waals surface area (Å²) in [7, 11) is -3.87. The van der Waals surface area contributed by atoms with E-state index < -0.39 is 10.1 Å². The fourth-order valence-electron chi connectivity index (χ4n) is 0.321. The fraction of sp³-hybridized carbons (Fsp3) is 1.00. The van der Waals surface area contributed by atoms with Crippen LogP contribution in [0, 0.1) is 0 Å². The number of alkyl halides is 1.